The summed E-state index contributed by atoms with van der Waals surface area (Å²) < 4.78 is 7.59. The summed E-state index contributed by atoms with van der Waals surface area (Å²) in [6.07, 6.45) is 5.53. The van der Waals surface area contributed by atoms with E-state index in [2.05, 4.69) is 68.9 Å². The maximum Gasteiger partial charge on any atom is 0.170 e. The van der Waals surface area contributed by atoms with E-state index in [0.717, 1.165) is 33.5 Å². The Morgan fingerprint density at radius 2 is 1.85 bits per heavy atom. The van der Waals surface area contributed by atoms with Gasteiger partial charge in [-0.3, -0.25) is 9.97 Å². The standard InChI is InChI=1S/C27H27N5OS/c1-18-15-23(19(2)32(18)21-7-6-13-28-16-21)26-25(24-8-4-5-14-29-24)30-27(34)31(26)17-20-9-11-22(33-3)12-10-20/h4-16,25-26H,17H2,1-3H3,(H,30,34). The fourth-order valence-electron chi connectivity index (χ4n) is 4.81. The van der Waals surface area contributed by atoms with Crippen LogP contribution in [0.5, 0.6) is 5.75 Å². The number of ether oxygens (including phenoxy) is 1. The van der Waals surface area contributed by atoms with Crippen molar-refractivity contribution in [1.29, 1.82) is 0 Å². The summed E-state index contributed by atoms with van der Waals surface area (Å²) in [5.41, 5.74) is 6.73. The van der Waals surface area contributed by atoms with Crippen molar-refractivity contribution in [2.75, 3.05) is 7.11 Å². The average Bonchev–Trinajstić information content (AvgIpc) is 3.35. The van der Waals surface area contributed by atoms with Crippen LogP contribution in [-0.2, 0) is 6.54 Å². The second kappa shape index (κ2) is 9.27. The maximum absolute atomic E-state index is 5.86. The fraction of sp³-hybridized carbons (Fsp3) is 0.222. The summed E-state index contributed by atoms with van der Waals surface area (Å²) in [7, 11) is 1.68. The molecule has 0 bridgehead atoms. The molecule has 2 unspecified atom stereocenters. The minimum Gasteiger partial charge on any atom is -0.497 e. The monoisotopic (exact) mass is 469 g/mol. The van der Waals surface area contributed by atoms with E-state index in [1.54, 1.807) is 13.3 Å². The van der Waals surface area contributed by atoms with Crippen LogP contribution in [0.15, 0.2) is 79.3 Å². The summed E-state index contributed by atoms with van der Waals surface area (Å²) in [5, 5.41) is 4.28. The number of hydrogen-bond acceptors (Lipinski definition) is 4. The zero-order chi connectivity index (χ0) is 23.7. The van der Waals surface area contributed by atoms with Gasteiger partial charge >= 0.3 is 0 Å². The zero-order valence-corrected chi connectivity index (χ0v) is 20.3. The highest BCUT2D eigenvalue weighted by Gasteiger charge is 2.41. The Labute approximate surface area is 205 Å². The number of aromatic nitrogens is 3. The van der Waals surface area contributed by atoms with Crippen LogP contribution >= 0.6 is 12.2 Å². The van der Waals surface area contributed by atoms with Gasteiger partial charge < -0.3 is 19.5 Å². The molecule has 2 atom stereocenters. The van der Waals surface area contributed by atoms with Gasteiger partial charge in [0.25, 0.3) is 0 Å². The van der Waals surface area contributed by atoms with Gasteiger partial charge in [0.1, 0.15) is 5.75 Å². The molecule has 1 saturated heterocycles. The Morgan fingerprint density at radius 1 is 1.03 bits per heavy atom. The first kappa shape index (κ1) is 22.1. The topological polar surface area (TPSA) is 55.2 Å². The second-order valence-electron chi connectivity index (χ2n) is 8.48. The van der Waals surface area contributed by atoms with Gasteiger partial charge in [0.15, 0.2) is 5.11 Å². The van der Waals surface area contributed by atoms with Crippen molar-refractivity contribution in [1.82, 2.24) is 24.8 Å². The molecule has 4 heterocycles. The van der Waals surface area contributed by atoms with E-state index in [1.807, 2.05) is 42.7 Å². The van der Waals surface area contributed by atoms with Crippen LogP contribution in [-0.4, -0.2) is 31.7 Å². The summed E-state index contributed by atoms with van der Waals surface area (Å²) in [6.45, 7) is 4.98. The third kappa shape index (κ3) is 4.03. The molecule has 1 fully saturated rings. The fourth-order valence-corrected chi connectivity index (χ4v) is 5.12. The number of nitrogens with one attached hydrogen (secondary N) is 1. The van der Waals surface area contributed by atoms with Crippen LogP contribution in [0.4, 0.5) is 0 Å². The molecule has 172 valence electrons. The molecule has 1 aromatic carbocycles. The van der Waals surface area contributed by atoms with Crippen LogP contribution in [0, 0.1) is 13.8 Å². The van der Waals surface area contributed by atoms with Crippen molar-refractivity contribution in [2.45, 2.75) is 32.5 Å². The van der Waals surface area contributed by atoms with Crippen LogP contribution in [0.1, 0.15) is 40.3 Å². The second-order valence-corrected chi connectivity index (χ2v) is 8.86. The number of pyridine rings is 2. The third-order valence-corrected chi connectivity index (χ3v) is 6.76. The molecule has 34 heavy (non-hydrogen) atoms. The van der Waals surface area contributed by atoms with Crippen LogP contribution < -0.4 is 10.1 Å². The largest absolute Gasteiger partial charge is 0.497 e. The molecule has 1 aliphatic heterocycles. The average molecular weight is 470 g/mol. The lowest BCUT2D eigenvalue weighted by molar-refractivity contribution is 0.310. The van der Waals surface area contributed by atoms with Gasteiger partial charge in [-0.1, -0.05) is 18.2 Å². The molecule has 0 radical (unpaired) electrons. The molecule has 0 saturated carbocycles. The number of hydrogen-bond donors (Lipinski definition) is 1. The smallest absolute Gasteiger partial charge is 0.170 e. The summed E-state index contributed by atoms with van der Waals surface area (Å²) in [5.74, 6) is 0.841. The number of aryl methyl sites for hydroxylation is 1. The number of benzene rings is 1. The van der Waals surface area contributed by atoms with Crippen molar-refractivity contribution in [2.24, 2.45) is 0 Å². The van der Waals surface area contributed by atoms with E-state index in [1.165, 1.54) is 11.3 Å². The van der Waals surface area contributed by atoms with Crippen LogP contribution in [0.3, 0.4) is 0 Å². The van der Waals surface area contributed by atoms with Gasteiger partial charge in [0, 0.05) is 30.3 Å². The third-order valence-electron chi connectivity index (χ3n) is 6.40. The number of rotatable bonds is 6. The lowest BCUT2D eigenvalue weighted by atomic mass is 9.96. The Bertz CT molecular complexity index is 1290. The van der Waals surface area contributed by atoms with Gasteiger partial charge in [0.2, 0.25) is 0 Å². The number of nitrogens with zero attached hydrogens (tertiary/aromatic N) is 4. The van der Waals surface area contributed by atoms with Gasteiger partial charge in [0.05, 0.1) is 36.8 Å². The minimum atomic E-state index is -0.0604. The minimum absolute atomic E-state index is 0.0128. The lowest BCUT2D eigenvalue weighted by Gasteiger charge is -2.28. The number of methoxy groups -OCH3 is 1. The van der Waals surface area contributed by atoms with Crippen molar-refractivity contribution in [3.63, 3.8) is 0 Å². The van der Waals surface area contributed by atoms with Crippen LogP contribution in [0.25, 0.3) is 5.69 Å². The highest BCUT2D eigenvalue weighted by molar-refractivity contribution is 7.80. The molecule has 0 amide bonds. The molecule has 4 aromatic rings. The summed E-state index contributed by atoms with van der Waals surface area (Å²) >= 11 is 5.86. The molecular formula is C27H27N5OS. The van der Waals surface area contributed by atoms with E-state index < -0.39 is 0 Å². The van der Waals surface area contributed by atoms with E-state index in [0.29, 0.717) is 6.54 Å². The summed E-state index contributed by atoms with van der Waals surface area (Å²) in [6, 6.07) is 20.4. The molecule has 7 heteroatoms. The van der Waals surface area contributed by atoms with E-state index >= 15 is 0 Å². The molecule has 1 N–H and O–H groups in total. The Balaban J connectivity index is 1.59. The van der Waals surface area contributed by atoms with Gasteiger partial charge in [-0.05, 0) is 79.7 Å². The number of thiocarbonyl (C=S) groups is 1. The highest BCUT2D eigenvalue weighted by atomic mass is 32.1. The summed E-state index contributed by atoms with van der Waals surface area (Å²) in [4.78, 5) is 11.3. The van der Waals surface area contributed by atoms with E-state index in [-0.39, 0.29) is 12.1 Å². The maximum atomic E-state index is 5.86. The first-order chi connectivity index (χ1) is 16.6. The zero-order valence-electron chi connectivity index (χ0n) is 19.5. The molecule has 1 aliphatic rings. The van der Waals surface area contributed by atoms with Crippen molar-refractivity contribution in [3.05, 3.63) is 107 Å². The van der Waals surface area contributed by atoms with Gasteiger partial charge in [-0.25, -0.2) is 0 Å². The lowest BCUT2D eigenvalue weighted by Crippen LogP contribution is -2.29. The molecule has 0 aliphatic carbocycles. The van der Waals surface area contributed by atoms with Crippen molar-refractivity contribution >= 4 is 17.3 Å². The molecule has 5 rings (SSSR count). The molecular weight excluding hydrogens is 442 g/mol. The molecule has 3 aromatic heterocycles. The first-order valence-corrected chi connectivity index (χ1v) is 11.7. The Kier molecular flexibility index (Phi) is 6.02. The molecule has 0 spiro atoms. The van der Waals surface area contributed by atoms with Gasteiger partial charge in [-0.2, -0.15) is 0 Å². The van der Waals surface area contributed by atoms with E-state index in [9.17, 15) is 0 Å². The normalized spacial score (nSPS) is 17.6. The SMILES string of the molecule is COc1ccc(CN2C(=S)NC(c3ccccn3)C2c2cc(C)n(-c3cccnc3)c2C)cc1. The predicted octanol–water partition coefficient (Wildman–Crippen LogP) is 5.07. The quantitative estimate of drug-likeness (QED) is 0.398. The van der Waals surface area contributed by atoms with Crippen molar-refractivity contribution < 1.29 is 4.74 Å². The first-order valence-electron chi connectivity index (χ1n) is 11.3. The molecule has 6 nitrogen and oxygen atoms in total. The van der Waals surface area contributed by atoms with Crippen LogP contribution in [0.2, 0.25) is 0 Å². The van der Waals surface area contributed by atoms with Gasteiger partial charge in [-0.15, -0.1) is 0 Å². The van der Waals surface area contributed by atoms with E-state index in [4.69, 9.17) is 17.0 Å². The Hall–Kier alpha value is -3.71. The predicted molar refractivity (Wildman–Crippen MR) is 137 cm³/mol. The van der Waals surface area contributed by atoms with Crippen molar-refractivity contribution in [3.8, 4) is 11.4 Å². The Morgan fingerprint density at radius 3 is 2.53 bits per heavy atom. The highest BCUT2D eigenvalue weighted by Crippen LogP contribution is 2.42.